The van der Waals surface area contributed by atoms with Crippen molar-refractivity contribution in [3.05, 3.63) is 29.8 Å². The molecule has 1 aromatic carbocycles. The van der Waals surface area contributed by atoms with Crippen LogP contribution in [0.4, 0.5) is 0 Å². The average Bonchev–Trinajstić information content (AvgIpc) is 2.69. The van der Waals surface area contributed by atoms with Gasteiger partial charge in [0.05, 0.1) is 0 Å². The molecule has 1 unspecified atom stereocenters. The maximum absolute atomic E-state index is 3.96. The second kappa shape index (κ2) is 5.06. The smallest absolute Gasteiger partial charge is 0.0428 e. The molecule has 3 rings (SSSR count). The lowest BCUT2D eigenvalue weighted by molar-refractivity contribution is 0.0814. The Labute approximate surface area is 127 Å². The van der Waals surface area contributed by atoms with Gasteiger partial charge in [0, 0.05) is 22.7 Å². The third kappa shape index (κ3) is 3.07. The van der Waals surface area contributed by atoms with Crippen LogP contribution >= 0.6 is 11.8 Å². The Hall–Kier alpha value is -0.470. The fourth-order valence-corrected chi connectivity index (χ4v) is 5.72. The highest BCUT2D eigenvalue weighted by atomic mass is 32.2. The number of fused-ring (bicyclic) bond motifs is 1. The molecule has 0 saturated heterocycles. The Morgan fingerprint density at radius 2 is 1.70 bits per heavy atom. The molecule has 1 aliphatic carbocycles. The van der Waals surface area contributed by atoms with E-state index in [1.807, 2.05) is 11.8 Å². The third-order valence-corrected chi connectivity index (χ3v) is 5.87. The third-order valence-electron chi connectivity index (χ3n) is 4.69. The topological polar surface area (TPSA) is 12.0 Å². The predicted molar refractivity (Wildman–Crippen MR) is 88.2 cm³/mol. The van der Waals surface area contributed by atoms with E-state index in [1.165, 1.54) is 35.5 Å². The monoisotopic (exact) mass is 289 g/mol. The van der Waals surface area contributed by atoms with Gasteiger partial charge in [-0.3, -0.25) is 0 Å². The van der Waals surface area contributed by atoms with Gasteiger partial charge in [-0.15, -0.1) is 11.8 Å². The van der Waals surface area contributed by atoms with E-state index in [2.05, 4.69) is 57.3 Å². The van der Waals surface area contributed by atoms with Gasteiger partial charge in [0.2, 0.25) is 0 Å². The summed E-state index contributed by atoms with van der Waals surface area (Å²) in [6, 6.07) is 10.1. The zero-order chi connectivity index (χ0) is 14.4. The van der Waals surface area contributed by atoms with Gasteiger partial charge in [0.15, 0.2) is 0 Å². The molecule has 110 valence electrons. The van der Waals surface area contributed by atoms with Crippen molar-refractivity contribution in [2.45, 2.75) is 63.9 Å². The van der Waals surface area contributed by atoms with Gasteiger partial charge in [-0.25, -0.2) is 0 Å². The van der Waals surface area contributed by atoms with Crippen molar-refractivity contribution in [1.82, 2.24) is 5.32 Å². The Morgan fingerprint density at radius 3 is 2.40 bits per heavy atom. The van der Waals surface area contributed by atoms with Crippen LogP contribution in [0.15, 0.2) is 29.2 Å². The van der Waals surface area contributed by atoms with Crippen LogP contribution in [-0.4, -0.2) is 11.8 Å². The van der Waals surface area contributed by atoms with E-state index in [-0.39, 0.29) is 0 Å². The summed E-state index contributed by atoms with van der Waals surface area (Å²) in [6.07, 6.45) is 3.95. The van der Waals surface area contributed by atoms with Crippen LogP contribution in [0.25, 0.3) is 0 Å². The SMILES string of the molecule is CC1(C)CC(NC2CSc3ccccc32)CC(C)(C)C1. The largest absolute Gasteiger partial charge is 0.306 e. The minimum Gasteiger partial charge on any atom is -0.306 e. The quantitative estimate of drug-likeness (QED) is 0.819. The number of nitrogens with one attached hydrogen (secondary N) is 1. The van der Waals surface area contributed by atoms with E-state index in [1.54, 1.807) is 0 Å². The summed E-state index contributed by atoms with van der Waals surface area (Å²) in [4.78, 5) is 1.47. The minimum absolute atomic E-state index is 0.463. The van der Waals surface area contributed by atoms with E-state index >= 15 is 0 Å². The predicted octanol–water partition coefficient (Wildman–Crippen LogP) is 5.03. The molecule has 2 aliphatic rings. The van der Waals surface area contributed by atoms with Crippen molar-refractivity contribution >= 4 is 11.8 Å². The fourth-order valence-electron chi connectivity index (χ4n) is 4.55. The number of rotatable bonds is 2. The standard InChI is InChI=1S/C18H27NS/c1-17(2)9-13(10-18(3,4)12-17)19-15-11-20-16-8-6-5-7-14(15)16/h5-8,13,15,19H,9-12H2,1-4H3. The molecule has 1 aromatic rings. The first kappa shape index (κ1) is 14.5. The lowest BCUT2D eigenvalue weighted by Gasteiger charge is -2.46. The van der Waals surface area contributed by atoms with E-state index < -0.39 is 0 Å². The molecule has 1 heterocycles. The molecule has 0 aromatic heterocycles. The zero-order valence-electron chi connectivity index (χ0n) is 13.2. The van der Waals surface area contributed by atoms with Crippen molar-refractivity contribution in [2.75, 3.05) is 5.75 Å². The second-order valence-electron chi connectivity index (χ2n) is 8.18. The highest BCUT2D eigenvalue weighted by Gasteiger charge is 2.39. The van der Waals surface area contributed by atoms with Gasteiger partial charge >= 0.3 is 0 Å². The van der Waals surface area contributed by atoms with E-state index in [0.29, 0.717) is 22.9 Å². The van der Waals surface area contributed by atoms with Crippen LogP contribution in [0.3, 0.4) is 0 Å². The van der Waals surface area contributed by atoms with E-state index in [4.69, 9.17) is 0 Å². The van der Waals surface area contributed by atoms with Crippen molar-refractivity contribution in [3.8, 4) is 0 Å². The van der Waals surface area contributed by atoms with Crippen molar-refractivity contribution in [3.63, 3.8) is 0 Å². The molecule has 2 heteroatoms. The number of hydrogen-bond acceptors (Lipinski definition) is 2. The Morgan fingerprint density at radius 1 is 1.05 bits per heavy atom. The lowest BCUT2D eigenvalue weighted by atomic mass is 9.63. The Bertz CT molecular complexity index is 476. The molecule has 1 saturated carbocycles. The second-order valence-corrected chi connectivity index (χ2v) is 9.24. The molecule has 0 spiro atoms. The molecule has 1 fully saturated rings. The zero-order valence-corrected chi connectivity index (χ0v) is 14.0. The fraction of sp³-hybridized carbons (Fsp3) is 0.667. The maximum Gasteiger partial charge on any atom is 0.0428 e. The summed E-state index contributed by atoms with van der Waals surface area (Å²) < 4.78 is 0. The van der Waals surface area contributed by atoms with Gasteiger partial charge in [0.1, 0.15) is 0 Å². The first-order valence-electron chi connectivity index (χ1n) is 7.83. The first-order valence-corrected chi connectivity index (χ1v) is 8.81. The number of benzene rings is 1. The van der Waals surface area contributed by atoms with Crippen molar-refractivity contribution in [2.24, 2.45) is 10.8 Å². The molecule has 0 bridgehead atoms. The minimum atomic E-state index is 0.463. The summed E-state index contributed by atoms with van der Waals surface area (Å²) in [7, 11) is 0. The Balaban J connectivity index is 1.73. The van der Waals surface area contributed by atoms with Crippen LogP contribution in [0.1, 0.15) is 58.6 Å². The first-order chi connectivity index (χ1) is 9.35. The molecule has 1 N–H and O–H groups in total. The van der Waals surface area contributed by atoms with Crippen molar-refractivity contribution in [1.29, 1.82) is 0 Å². The normalized spacial score (nSPS) is 28.3. The van der Waals surface area contributed by atoms with Gasteiger partial charge in [-0.2, -0.15) is 0 Å². The van der Waals surface area contributed by atoms with Gasteiger partial charge in [0.25, 0.3) is 0 Å². The molecule has 1 atom stereocenters. The highest BCUT2D eigenvalue weighted by molar-refractivity contribution is 7.99. The number of thioether (sulfide) groups is 1. The molecule has 1 aliphatic heterocycles. The van der Waals surface area contributed by atoms with Crippen molar-refractivity contribution < 1.29 is 0 Å². The van der Waals surface area contributed by atoms with Crippen LogP contribution in [0, 0.1) is 10.8 Å². The average molecular weight is 289 g/mol. The Kier molecular flexibility index (Phi) is 3.66. The maximum atomic E-state index is 3.96. The summed E-state index contributed by atoms with van der Waals surface area (Å²) in [6.45, 7) is 9.72. The summed E-state index contributed by atoms with van der Waals surface area (Å²) in [5, 5.41) is 3.96. The van der Waals surface area contributed by atoms with Crippen LogP contribution < -0.4 is 5.32 Å². The number of hydrogen-bond donors (Lipinski definition) is 1. The highest BCUT2D eigenvalue weighted by Crippen LogP contribution is 2.47. The van der Waals surface area contributed by atoms with E-state index in [9.17, 15) is 0 Å². The summed E-state index contributed by atoms with van der Waals surface area (Å²) >= 11 is 2.00. The summed E-state index contributed by atoms with van der Waals surface area (Å²) in [5.41, 5.74) is 2.44. The molecular formula is C18H27NS. The lowest BCUT2D eigenvalue weighted by Crippen LogP contribution is -2.45. The molecule has 0 amide bonds. The van der Waals surface area contributed by atoms with Gasteiger partial charge in [-0.05, 0) is 41.7 Å². The van der Waals surface area contributed by atoms with Crippen LogP contribution in [-0.2, 0) is 0 Å². The van der Waals surface area contributed by atoms with E-state index in [0.717, 1.165) is 0 Å². The molecule has 0 radical (unpaired) electrons. The summed E-state index contributed by atoms with van der Waals surface area (Å²) in [5.74, 6) is 1.19. The van der Waals surface area contributed by atoms with Gasteiger partial charge in [-0.1, -0.05) is 45.9 Å². The van der Waals surface area contributed by atoms with Crippen LogP contribution in [0.2, 0.25) is 0 Å². The molecule has 1 nitrogen and oxygen atoms in total. The molecular weight excluding hydrogens is 262 g/mol. The van der Waals surface area contributed by atoms with Crippen LogP contribution in [0.5, 0.6) is 0 Å². The van der Waals surface area contributed by atoms with Gasteiger partial charge < -0.3 is 5.32 Å². The molecule has 20 heavy (non-hydrogen) atoms.